The molecule has 4 rings (SSSR count). The van der Waals surface area contributed by atoms with E-state index in [0.29, 0.717) is 13.2 Å². The first kappa shape index (κ1) is 15.8. The fourth-order valence-corrected chi connectivity index (χ4v) is 4.08. The van der Waals surface area contributed by atoms with E-state index in [0.717, 1.165) is 12.8 Å². The zero-order valence-corrected chi connectivity index (χ0v) is 14.4. The molecule has 0 unspecified atom stereocenters. The lowest BCUT2D eigenvalue weighted by molar-refractivity contribution is 0.0872. The van der Waals surface area contributed by atoms with Gasteiger partial charge in [-0.25, -0.2) is 4.79 Å². The summed E-state index contributed by atoms with van der Waals surface area (Å²) in [7, 11) is 0. The van der Waals surface area contributed by atoms with Crippen LogP contribution >= 0.6 is 0 Å². The fraction of sp³-hybridized carbons (Fsp3) is 0.318. The number of nitrogens with zero attached hydrogens (tertiary/aromatic N) is 1. The number of hydrogen-bond acceptors (Lipinski definition) is 2. The average Bonchev–Trinajstić information content (AvgIpc) is 3.19. The summed E-state index contributed by atoms with van der Waals surface area (Å²) in [6.45, 7) is 2.93. The predicted molar refractivity (Wildman–Crippen MR) is 98.2 cm³/mol. The van der Waals surface area contributed by atoms with Crippen LogP contribution < -0.4 is 0 Å². The SMILES string of the molecule is C#C[C@]1(C)CCCN1C(=O)OCC1c2ccccc2-c2ccccc21. The molecule has 3 nitrogen and oxygen atoms in total. The van der Waals surface area contributed by atoms with Crippen LogP contribution in [0.5, 0.6) is 0 Å². The Balaban J connectivity index is 1.56. The molecule has 2 aromatic carbocycles. The molecule has 0 radical (unpaired) electrons. The molecule has 3 heteroatoms. The first-order valence-electron chi connectivity index (χ1n) is 8.74. The molecule has 2 aromatic rings. The zero-order chi connectivity index (χ0) is 17.4. The number of benzene rings is 2. The Labute approximate surface area is 148 Å². The molecular weight excluding hydrogens is 310 g/mol. The molecule has 0 spiro atoms. The van der Waals surface area contributed by atoms with Gasteiger partial charge in [0.25, 0.3) is 0 Å². The van der Waals surface area contributed by atoms with Crippen molar-refractivity contribution in [3.8, 4) is 23.5 Å². The van der Waals surface area contributed by atoms with Gasteiger partial charge in [-0.3, -0.25) is 4.90 Å². The number of amides is 1. The molecule has 1 fully saturated rings. The lowest BCUT2D eigenvalue weighted by Crippen LogP contribution is -2.44. The molecule has 0 bridgehead atoms. The van der Waals surface area contributed by atoms with E-state index >= 15 is 0 Å². The number of hydrogen-bond donors (Lipinski definition) is 0. The van der Waals surface area contributed by atoms with Gasteiger partial charge in [0.15, 0.2) is 0 Å². The quantitative estimate of drug-likeness (QED) is 0.762. The first-order valence-corrected chi connectivity index (χ1v) is 8.74. The maximum Gasteiger partial charge on any atom is 0.411 e. The van der Waals surface area contributed by atoms with Crippen LogP contribution in [-0.2, 0) is 4.74 Å². The normalized spacial score (nSPS) is 21.5. The van der Waals surface area contributed by atoms with Crippen LogP contribution in [-0.4, -0.2) is 29.7 Å². The minimum absolute atomic E-state index is 0.0797. The van der Waals surface area contributed by atoms with Crippen molar-refractivity contribution in [2.24, 2.45) is 0 Å². The summed E-state index contributed by atoms with van der Waals surface area (Å²) in [5.74, 6) is 2.84. The van der Waals surface area contributed by atoms with E-state index in [1.807, 2.05) is 31.2 Å². The van der Waals surface area contributed by atoms with Crippen LogP contribution in [0.25, 0.3) is 11.1 Å². The second-order valence-electron chi connectivity index (χ2n) is 6.98. The van der Waals surface area contributed by atoms with Gasteiger partial charge >= 0.3 is 6.09 Å². The minimum Gasteiger partial charge on any atom is -0.448 e. The number of ether oxygens (including phenoxy) is 1. The summed E-state index contributed by atoms with van der Waals surface area (Å²) in [5, 5.41) is 0. The van der Waals surface area contributed by atoms with Gasteiger partial charge in [0.05, 0.1) is 0 Å². The second kappa shape index (κ2) is 5.97. The van der Waals surface area contributed by atoms with Crippen LogP contribution in [0.2, 0.25) is 0 Å². The molecule has 1 heterocycles. The third kappa shape index (κ3) is 2.49. The smallest absolute Gasteiger partial charge is 0.411 e. The third-order valence-electron chi connectivity index (χ3n) is 5.51. The summed E-state index contributed by atoms with van der Waals surface area (Å²) >= 11 is 0. The van der Waals surface area contributed by atoms with Gasteiger partial charge in [0.2, 0.25) is 0 Å². The number of likely N-dealkylation sites (tertiary alicyclic amines) is 1. The highest BCUT2D eigenvalue weighted by atomic mass is 16.6. The molecule has 1 atom stereocenters. The Morgan fingerprint density at radius 2 is 1.80 bits per heavy atom. The molecular formula is C22H21NO2. The maximum atomic E-state index is 12.6. The summed E-state index contributed by atoms with van der Waals surface area (Å²) < 4.78 is 5.71. The zero-order valence-electron chi connectivity index (χ0n) is 14.4. The Hall–Kier alpha value is -2.73. The molecule has 1 saturated heterocycles. The number of rotatable bonds is 2. The highest BCUT2D eigenvalue weighted by molar-refractivity contribution is 5.79. The van der Waals surface area contributed by atoms with E-state index in [1.54, 1.807) is 4.90 Å². The summed E-state index contributed by atoms with van der Waals surface area (Å²) in [4.78, 5) is 14.3. The van der Waals surface area contributed by atoms with Crippen LogP contribution in [0.1, 0.15) is 36.8 Å². The predicted octanol–water partition coefficient (Wildman–Crippen LogP) is 4.42. The third-order valence-corrected chi connectivity index (χ3v) is 5.51. The van der Waals surface area contributed by atoms with Gasteiger partial charge in [-0.15, -0.1) is 6.42 Å². The van der Waals surface area contributed by atoms with Crippen molar-refractivity contribution in [1.82, 2.24) is 4.90 Å². The van der Waals surface area contributed by atoms with E-state index in [4.69, 9.17) is 11.2 Å². The van der Waals surface area contributed by atoms with Crippen molar-refractivity contribution in [3.05, 3.63) is 59.7 Å². The van der Waals surface area contributed by atoms with Crippen molar-refractivity contribution in [2.75, 3.05) is 13.2 Å². The van der Waals surface area contributed by atoms with E-state index in [1.165, 1.54) is 22.3 Å². The average molecular weight is 331 g/mol. The fourth-order valence-electron chi connectivity index (χ4n) is 4.08. The number of terminal acetylenes is 1. The van der Waals surface area contributed by atoms with Gasteiger partial charge in [-0.2, -0.15) is 0 Å². The largest absolute Gasteiger partial charge is 0.448 e. The van der Waals surface area contributed by atoms with Gasteiger partial charge in [-0.1, -0.05) is 54.5 Å². The van der Waals surface area contributed by atoms with Gasteiger partial charge < -0.3 is 4.74 Å². The second-order valence-corrected chi connectivity index (χ2v) is 6.98. The maximum absolute atomic E-state index is 12.6. The van der Waals surface area contributed by atoms with E-state index in [-0.39, 0.29) is 12.0 Å². The molecule has 1 amide bonds. The topological polar surface area (TPSA) is 29.5 Å². The van der Waals surface area contributed by atoms with Crippen LogP contribution in [0, 0.1) is 12.3 Å². The van der Waals surface area contributed by atoms with Gasteiger partial charge in [0.1, 0.15) is 12.1 Å². The van der Waals surface area contributed by atoms with Crippen LogP contribution in [0.4, 0.5) is 4.79 Å². The number of carbonyl (C=O) groups is 1. The lowest BCUT2D eigenvalue weighted by Gasteiger charge is -2.30. The monoisotopic (exact) mass is 331 g/mol. The van der Waals surface area contributed by atoms with E-state index < -0.39 is 5.54 Å². The van der Waals surface area contributed by atoms with Crippen LogP contribution in [0.15, 0.2) is 48.5 Å². The molecule has 1 aliphatic heterocycles. The van der Waals surface area contributed by atoms with Crippen LogP contribution in [0.3, 0.4) is 0 Å². The van der Waals surface area contributed by atoms with E-state index in [9.17, 15) is 4.79 Å². The Morgan fingerprint density at radius 1 is 1.20 bits per heavy atom. The Morgan fingerprint density at radius 3 is 2.40 bits per heavy atom. The minimum atomic E-state index is -0.525. The van der Waals surface area contributed by atoms with Gasteiger partial charge in [-0.05, 0) is 42.0 Å². The summed E-state index contributed by atoms with van der Waals surface area (Å²) in [6.07, 6.45) is 7.08. The van der Waals surface area contributed by atoms with Crippen molar-refractivity contribution >= 4 is 6.09 Å². The molecule has 1 aliphatic carbocycles. The molecule has 0 aromatic heterocycles. The van der Waals surface area contributed by atoms with Gasteiger partial charge in [0, 0.05) is 12.5 Å². The van der Waals surface area contributed by atoms with Crippen molar-refractivity contribution in [1.29, 1.82) is 0 Å². The standard InChI is InChI=1S/C22H21NO2/c1-3-22(2)13-8-14-23(22)21(24)25-15-20-18-11-6-4-9-16(18)17-10-5-7-12-19(17)20/h1,4-7,9-12,20H,8,13-15H2,2H3/t22-/m1/s1. The van der Waals surface area contributed by atoms with Crippen molar-refractivity contribution < 1.29 is 9.53 Å². The highest BCUT2D eigenvalue weighted by Crippen LogP contribution is 2.44. The Bertz CT molecular complexity index is 821. The number of fused-ring (bicyclic) bond motifs is 3. The van der Waals surface area contributed by atoms with E-state index in [2.05, 4.69) is 30.2 Å². The van der Waals surface area contributed by atoms with Crippen molar-refractivity contribution in [3.63, 3.8) is 0 Å². The Kier molecular flexibility index (Phi) is 3.77. The number of carbonyl (C=O) groups excluding carboxylic acids is 1. The molecule has 25 heavy (non-hydrogen) atoms. The molecule has 126 valence electrons. The summed E-state index contributed by atoms with van der Waals surface area (Å²) in [5.41, 5.74) is 4.38. The lowest BCUT2D eigenvalue weighted by atomic mass is 9.98. The molecule has 2 aliphatic rings. The molecule has 0 N–H and O–H groups in total. The molecule has 0 saturated carbocycles. The summed E-state index contributed by atoms with van der Waals surface area (Å²) in [6, 6.07) is 16.7. The highest BCUT2D eigenvalue weighted by Gasteiger charge is 2.39. The first-order chi connectivity index (χ1) is 12.1. The van der Waals surface area contributed by atoms with Crippen molar-refractivity contribution in [2.45, 2.75) is 31.2 Å².